The largest absolute Gasteiger partial charge is 0.542 e. The molecule has 1 saturated heterocycles. The van der Waals surface area contributed by atoms with Crippen LogP contribution in [-0.2, 0) is 10.0 Å². The number of rotatable bonds is 3. The summed E-state index contributed by atoms with van der Waals surface area (Å²) in [5.41, 5.74) is 0.711. The molecule has 3 rings (SSSR count). The number of carbonyl (C=O) groups is 1. The number of nitrogens with one attached hydrogen (secondary N) is 1. The highest BCUT2D eigenvalue weighted by atomic mass is 32.2. The third kappa shape index (κ3) is 2.73. The first kappa shape index (κ1) is 16.0. The van der Waals surface area contributed by atoms with E-state index in [9.17, 15) is 18.3 Å². The number of carbonyl (C=O) groups excluding carboxylic acids is 1. The molecule has 7 nitrogen and oxygen atoms in total. The molecule has 1 N–H and O–H groups in total. The number of carboxylic acid groups (broad SMARTS) is 1. The van der Waals surface area contributed by atoms with Crippen LogP contribution < -0.4 is 10.0 Å². The van der Waals surface area contributed by atoms with Gasteiger partial charge in [0.15, 0.2) is 5.76 Å². The Bertz CT molecular complexity index is 863. The molecule has 23 heavy (non-hydrogen) atoms. The zero-order chi connectivity index (χ0) is 16.8. The molecule has 1 aromatic carbocycles. The van der Waals surface area contributed by atoms with E-state index in [0.717, 1.165) is 13.1 Å². The average Bonchev–Trinajstić information content (AvgIpc) is 2.84. The second kappa shape index (κ2) is 5.63. The number of benzene rings is 1. The summed E-state index contributed by atoms with van der Waals surface area (Å²) in [5, 5.41) is 11.5. The highest BCUT2D eigenvalue weighted by Crippen LogP contribution is 2.28. The van der Waals surface area contributed by atoms with Crippen molar-refractivity contribution in [1.29, 1.82) is 0 Å². The van der Waals surface area contributed by atoms with Crippen LogP contribution in [0.3, 0.4) is 0 Å². The summed E-state index contributed by atoms with van der Waals surface area (Å²) in [6, 6.07) is 4.41. The van der Waals surface area contributed by atoms with Gasteiger partial charge in [-0.3, -0.25) is 0 Å². The van der Waals surface area contributed by atoms with Gasteiger partial charge in [0.05, 0.1) is 38.1 Å². The first-order valence-electron chi connectivity index (χ1n) is 7.36. The zero-order valence-corrected chi connectivity index (χ0v) is 13.8. The fraction of sp³-hybridized carbons (Fsp3) is 0.400. The molecule has 0 aliphatic carbocycles. The molecule has 0 atom stereocenters. The molecule has 2 heterocycles. The van der Waals surface area contributed by atoms with Gasteiger partial charge in [0.1, 0.15) is 11.6 Å². The van der Waals surface area contributed by atoms with Crippen LogP contribution in [0.2, 0.25) is 0 Å². The van der Waals surface area contributed by atoms with E-state index in [2.05, 4.69) is 0 Å². The number of likely N-dealkylation sites (N-methyl/N-ethyl adjacent to an activating group) is 1. The topological polar surface area (TPSA) is 95.1 Å². The van der Waals surface area contributed by atoms with Crippen LogP contribution in [0.4, 0.5) is 0 Å². The fourth-order valence-corrected chi connectivity index (χ4v) is 4.28. The van der Waals surface area contributed by atoms with E-state index in [1.807, 2.05) is 7.05 Å². The van der Waals surface area contributed by atoms with Crippen molar-refractivity contribution in [2.24, 2.45) is 0 Å². The Labute approximate surface area is 134 Å². The predicted octanol–water partition coefficient (Wildman–Crippen LogP) is -1.38. The minimum absolute atomic E-state index is 0.151. The number of fused-ring (bicyclic) bond motifs is 1. The SMILES string of the molecule is Cc1c(C(=O)[O-])oc2ccc(S(=O)(=O)N3CC[NH+](C)CC3)cc12. The van der Waals surface area contributed by atoms with Crippen LogP contribution >= 0.6 is 0 Å². The number of hydrogen-bond donors (Lipinski definition) is 1. The molecule has 124 valence electrons. The second-order valence-electron chi connectivity index (χ2n) is 5.86. The van der Waals surface area contributed by atoms with E-state index in [0.29, 0.717) is 29.6 Å². The van der Waals surface area contributed by atoms with E-state index in [1.165, 1.54) is 27.4 Å². The van der Waals surface area contributed by atoms with Crippen LogP contribution in [0.25, 0.3) is 11.0 Å². The quantitative estimate of drug-likeness (QED) is 0.745. The van der Waals surface area contributed by atoms with Crippen molar-refractivity contribution in [2.45, 2.75) is 11.8 Å². The van der Waals surface area contributed by atoms with Crippen molar-refractivity contribution in [2.75, 3.05) is 33.2 Å². The zero-order valence-electron chi connectivity index (χ0n) is 13.0. The van der Waals surface area contributed by atoms with Gasteiger partial charge in [-0.15, -0.1) is 0 Å². The van der Waals surface area contributed by atoms with Gasteiger partial charge in [-0.2, -0.15) is 4.31 Å². The molecule has 1 aliphatic rings. The lowest BCUT2D eigenvalue weighted by atomic mass is 10.1. The standard InChI is InChI=1S/C15H18N2O5S/c1-10-12-9-11(3-4-13(12)22-14(10)15(18)19)23(20,21)17-7-5-16(2)6-8-17/h3-4,9H,5-8H2,1-2H3,(H,18,19). The van der Waals surface area contributed by atoms with Gasteiger partial charge < -0.3 is 19.2 Å². The maximum Gasteiger partial charge on any atom is 0.243 e. The van der Waals surface area contributed by atoms with Crippen LogP contribution in [0.5, 0.6) is 0 Å². The summed E-state index contributed by atoms with van der Waals surface area (Å²) in [4.78, 5) is 12.5. The Kier molecular flexibility index (Phi) is 3.91. The fourth-order valence-electron chi connectivity index (χ4n) is 2.81. The lowest BCUT2D eigenvalue weighted by Gasteiger charge is -2.29. The van der Waals surface area contributed by atoms with Gasteiger partial charge in [-0.25, -0.2) is 8.42 Å². The third-order valence-corrected chi connectivity index (χ3v) is 6.20. The third-order valence-electron chi connectivity index (χ3n) is 4.31. The Morgan fingerprint density at radius 1 is 1.30 bits per heavy atom. The molecular weight excluding hydrogens is 320 g/mol. The van der Waals surface area contributed by atoms with Crippen LogP contribution in [-0.4, -0.2) is 51.9 Å². The highest BCUT2D eigenvalue weighted by Gasteiger charge is 2.29. The highest BCUT2D eigenvalue weighted by molar-refractivity contribution is 7.89. The molecule has 2 aromatic rings. The van der Waals surface area contributed by atoms with E-state index < -0.39 is 16.0 Å². The van der Waals surface area contributed by atoms with E-state index in [4.69, 9.17) is 4.42 Å². The molecular formula is C15H18N2O5S. The number of nitrogens with zero attached hydrogens (tertiary/aromatic N) is 1. The Hall–Kier alpha value is -1.90. The van der Waals surface area contributed by atoms with Crippen molar-refractivity contribution in [3.63, 3.8) is 0 Å². The Balaban J connectivity index is 2.02. The van der Waals surface area contributed by atoms with Crippen LogP contribution in [0.1, 0.15) is 16.1 Å². The molecule has 1 aliphatic heterocycles. The minimum Gasteiger partial charge on any atom is -0.542 e. The van der Waals surface area contributed by atoms with Gasteiger partial charge in [-0.1, -0.05) is 0 Å². The minimum atomic E-state index is -3.59. The molecule has 1 fully saturated rings. The number of piperazine rings is 1. The molecule has 0 amide bonds. The Morgan fingerprint density at radius 3 is 2.57 bits per heavy atom. The number of aromatic carboxylic acids is 1. The van der Waals surface area contributed by atoms with E-state index in [-0.39, 0.29) is 10.7 Å². The first-order chi connectivity index (χ1) is 10.8. The lowest BCUT2D eigenvalue weighted by molar-refractivity contribution is -0.883. The maximum atomic E-state index is 12.7. The summed E-state index contributed by atoms with van der Waals surface area (Å²) < 4.78 is 32.2. The maximum absolute atomic E-state index is 12.7. The number of quaternary nitrogens is 1. The van der Waals surface area contributed by atoms with Gasteiger partial charge in [-0.05, 0) is 25.1 Å². The van der Waals surface area contributed by atoms with Crippen LogP contribution in [0.15, 0.2) is 27.5 Å². The monoisotopic (exact) mass is 338 g/mol. The summed E-state index contributed by atoms with van der Waals surface area (Å²) >= 11 is 0. The van der Waals surface area contributed by atoms with Crippen LogP contribution in [0, 0.1) is 6.92 Å². The van der Waals surface area contributed by atoms with E-state index in [1.54, 1.807) is 6.92 Å². The normalized spacial score (nSPS) is 17.7. The number of aryl methyl sites for hydroxylation is 1. The molecule has 0 saturated carbocycles. The van der Waals surface area contributed by atoms with Gasteiger partial charge in [0.25, 0.3) is 0 Å². The number of sulfonamides is 1. The van der Waals surface area contributed by atoms with Gasteiger partial charge >= 0.3 is 0 Å². The summed E-state index contributed by atoms with van der Waals surface area (Å²) in [6.07, 6.45) is 0. The van der Waals surface area contributed by atoms with Crippen molar-refractivity contribution < 1.29 is 27.6 Å². The first-order valence-corrected chi connectivity index (χ1v) is 8.80. The van der Waals surface area contributed by atoms with Gasteiger partial charge in [0.2, 0.25) is 10.0 Å². The van der Waals surface area contributed by atoms with E-state index >= 15 is 0 Å². The smallest absolute Gasteiger partial charge is 0.243 e. The Morgan fingerprint density at radius 2 is 1.96 bits per heavy atom. The summed E-state index contributed by atoms with van der Waals surface area (Å²) in [6.45, 7) is 4.05. The molecule has 0 spiro atoms. The molecule has 0 bridgehead atoms. The molecule has 8 heteroatoms. The molecule has 0 radical (unpaired) electrons. The number of furan rings is 1. The van der Waals surface area contributed by atoms with Gasteiger partial charge in [0, 0.05) is 10.9 Å². The second-order valence-corrected chi connectivity index (χ2v) is 7.80. The average molecular weight is 338 g/mol. The number of carboxylic acids is 1. The molecule has 0 unspecified atom stereocenters. The van der Waals surface area contributed by atoms with Crippen molar-refractivity contribution >= 4 is 27.0 Å². The van der Waals surface area contributed by atoms with Crippen molar-refractivity contribution in [3.05, 3.63) is 29.5 Å². The van der Waals surface area contributed by atoms with Crippen molar-refractivity contribution in [1.82, 2.24) is 4.31 Å². The summed E-state index contributed by atoms with van der Waals surface area (Å²) in [7, 11) is -1.56. The molecule has 1 aromatic heterocycles. The number of hydrogen-bond acceptors (Lipinski definition) is 5. The predicted molar refractivity (Wildman–Crippen MR) is 80.7 cm³/mol. The summed E-state index contributed by atoms with van der Waals surface area (Å²) in [5.74, 6) is -1.68. The van der Waals surface area contributed by atoms with Crippen molar-refractivity contribution in [3.8, 4) is 0 Å². The lowest BCUT2D eigenvalue weighted by Crippen LogP contribution is -3.12.